The van der Waals surface area contributed by atoms with Crippen LogP contribution >= 0.6 is 0 Å². The van der Waals surface area contributed by atoms with Gasteiger partial charge in [-0.15, -0.1) is 0 Å². The van der Waals surface area contributed by atoms with Crippen molar-refractivity contribution < 1.29 is 14.4 Å². The molecule has 1 heterocycles. The highest BCUT2D eigenvalue weighted by atomic mass is 16.2. The molecule has 3 atom stereocenters. The van der Waals surface area contributed by atoms with Crippen LogP contribution in [0.2, 0.25) is 0 Å². The number of amides is 3. The van der Waals surface area contributed by atoms with Crippen LogP contribution in [0, 0.1) is 23.7 Å². The maximum absolute atomic E-state index is 14.4. The summed E-state index contributed by atoms with van der Waals surface area (Å²) < 4.78 is 0. The van der Waals surface area contributed by atoms with E-state index >= 15 is 0 Å². The Bertz CT molecular complexity index is 1170. The minimum Gasteiger partial charge on any atom is -0.369 e. The van der Waals surface area contributed by atoms with E-state index in [4.69, 9.17) is 5.73 Å². The Kier molecular flexibility index (Phi) is 10.4. The number of nitrogens with zero attached hydrogens (tertiary/aromatic N) is 1. The summed E-state index contributed by atoms with van der Waals surface area (Å²) in [7, 11) is 0. The first-order valence-electron chi connectivity index (χ1n) is 15.4. The van der Waals surface area contributed by atoms with Gasteiger partial charge in [-0.25, -0.2) is 0 Å². The first-order valence-corrected chi connectivity index (χ1v) is 15.4. The second-order valence-electron chi connectivity index (χ2n) is 12.2. The molecule has 1 saturated carbocycles. The zero-order valence-corrected chi connectivity index (χ0v) is 24.5. The molecular weight excluding hydrogens is 498 g/mol. The summed E-state index contributed by atoms with van der Waals surface area (Å²) in [4.78, 5) is 42.9. The van der Waals surface area contributed by atoms with E-state index in [0.29, 0.717) is 25.3 Å². The van der Waals surface area contributed by atoms with Crippen molar-refractivity contribution in [1.82, 2.24) is 5.32 Å². The van der Waals surface area contributed by atoms with Crippen LogP contribution < -0.4 is 16.0 Å². The molecule has 3 amide bonds. The van der Waals surface area contributed by atoms with Crippen LogP contribution in [0.25, 0.3) is 11.1 Å². The lowest BCUT2D eigenvalue weighted by Crippen LogP contribution is -2.47. The summed E-state index contributed by atoms with van der Waals surface area (Å²) in [5, 5.41) is 3.15. The highest BCUT2D eigenvalue weighted by Crippen LogP contribution is 2.41. The average molecular weight is 546 g/mol. The number of hydrogen-bond donors (Lipinski definition) is 2. The molecule has 6 nitrogen and oxygen atoms in total. The Morgan fingerprint density at radius 3 is 2.33 bits per heavy atom. The lowest BCUT2D eigenvalue weighted by atomic mass is 9.81. The van der Waals surface area contributed by atoms with E-state index in [-0.39, 0.29) is 17.7 Å². The summed E-state index contributed by atoms with van der Waals surface area (Å²) in [6, 6.07) is 15.1. The number of nitrogens with one attached hydrogen (secondary N) is 1. The Morgan fingerprint density at radius 2 is 1.65 bits per heavy atom. The number of para-hydroxylation sites is 1. The van der Waals surface area contributed by atoms with Crippen molar-refractivity contribution in [1.29, 1.82) is 0 Å². The monoisotopic (exact) mass is 545 g/mol. The number of anilines is 1. The van der Waals surface area contributed by atoms with Crippen molar-refractivity contribution >= 4 is 23.4 Å². The van der Waals surface area contributed by atoms with Gasteiger partial charge in [-0.3, -0.25) is 14.4 Å². The van der Waals surface area contributed by atoms with Crippen molar-refractivity contribution in [2.45, 2.75) is 91.0 Å². The Balaban J connectivity index is 1.69. The van der Waals surface area contributed by atoms with E-state index < -0.39 is 23.8 Å². The van der Waals surface area contributed by atoms with Gasteiger partial charge in [0, 0.05) is 23.9 Å². The Hall–Kier alpha value is -3.15. The smallest absolute Gasteiger partial charge is 0.254 e. The van der Waals surface area contributed by atoms with Crippen LogP contribution in [-0.2, 0) is 14.4 Å². The number of carbonyl (C=O) groups is 3. The maximum Gasteiger partial charge on any atom is 0.254 e. The van der Waals surface area contributed by atoms with Crippen molar-refractivity contribution in [2.75, 3.05) is 11.4 Å². The standard InChI is InChI=1S/C34H47N3O3/c1-4-5-15-28(32(35)38)29(22-23(2)3)33(39)36-31-27-18-10-9-16-25(27)26-17-11-12-19-30(26)37(34(31)40)21-20-24-13-7-6-8-14-24/h9-12,16-19,23-24,28-29,31H,4-8,13-15,20-22H2,1-3H3,(H2,35,38)(H,36,39)/t28-,29+,31?/m0/s1. The Labute approximate surface area is 240 Å². The number of unbranched alkanes of at least 4 members (excludes halogenated alkanes) is 1. The van der Waals surface area contributed by atoms with Gasteiger partial charge in [-0.2, -0.15) is 0 Å². The third-order valence-electron chi connectivity index (χ3n) is 8.82. The van der Waals surface area contributed by atoms with Gasteiger partial charge in [0.1, 0.15) is 6.04 Å². The van der Waals surface area contributed by atoms with Gasteiger partial charge in [0.15, 0.2) is 0 Å². The molecule has 0 saturated heterocycles. The molecule has 2 aromatic carbocycles. The minimum atomic E-state index is -0.836. The average Bonchev–Trinajstić information content (AvgIpc) is 3.04. The molecule has 1 fully saturated rings. The minimum absolute atomic E-state index is 0.117. The molecule has 1 aliphatic carbocycles. The van der Waals surface area contributed by atoms with Crippen LogP contribution in [-0.4, -0.2) is 24.3 Å². The first kappa shape index (κ1) is 29.8. The first-order chi connectivity index (χ1) is 19.3. The van der Waals surface area contributed by atoms with E-state index in [9.17, 15) is 14.4 Å². The van der Waals surface area contributed by atoms with Gasteiger partial charge in [0.05, 0.1) is 5.69 Å². The molecule has 2 aromatic rings. The summed E-state index contributed by atoms with van der Waals surface area (Å²) in [5.41, 5.74) is 9.49. The third kappa shape index (κ3) is 6.94. The normalized spacial score (nSPS) is 18.9. The summed E-state index contributed by atoms with van der Waals surface area (Å²) in [6.07, 6.45) is 10.1. The molecule has 6 heteroatoms. The molecule has 1 unspecified atom stereocenters. The van der Waals surface area contributed by atoms with Crippen LogP contribution in [0.15, 0.2) is 48.5 Å². The predicted octanol–water partition coefficient (Wildman–Crippen LogP) is 6.78. The number of carbonyl (C=O) groups excluding carboxylic acids is 3. The SMILES string of the molecule is CCCC[C@H](C(N)=O)[C@@H](CC(C)C)C(=O)NC1C(=O)N(CCC2CCCCC2)c2ccccc2-c2ccccc21. The molecular formula is C34H47N3O3. The van der Waals surface area contributed by atoms with E-state index in [1.807, 2.05) is 61.2 Å². The van der Waals surface area contributed by atoms with Crippen molar-refractivity contribution in [2.24, 2.45) is 29.4 Å². The van der Waals surface area contributed by atoms with E-state index in [0.717, 1.165) is 41.6 Å². The summed E-state index contributed by atoms with van der Waals surface area (Å²) in [6.45, 7) is 6.79. The summed E-state index contributed by atoms with van der Waals surface area (Å²) >= 11 is 0. The van der Waals surface area contributed by atoms with Crippen molar-refractivity contribution in [3.05, 3.63) is 54.1 Å². The van der Waals surface area contributed by atoms with E-state index in [1.54, 1.807) is 0 Å². The van der Waals surface area contributed by atoms with Gasteiger partial charge in [-0.1, -0.05) is 108 Å². The number of benzene rings is 2. The van der Waals surface area contributed by atoms with Gasteiger partial charge in [0.25, 0.3) is 5.91 Å². The van der Waals surface area contributed by atoms with Crippen molar-refractivity contribution in [3.63, 3.8) is 0 Å². The van der Waals surface area contributed by atoms with Crippen LogP contribution in [0.1, 0.15) is 96.6 Å². The van der Waals surface area contributed by atoms with Crippen molar-refractivity contribution in [3.8, 4) is 11.1 Å². The molecule has 2 aliphatic rings. The second kappa shape index (κ2) is 14.0. The Morgan fingerprint density at radius 1 is 0.975 bits per heavy atom. The van der Waals surface area contributed by atoms with Crippen LogP contribution in [0.4, 0.5) is 5.69 Å². The number of nitrogens with two attached hydrogens (primary N) is 1. The molecule has 1 aliphatic heterocycles. The number of primary amides is 1. The molecule has 0 aromatic heterocycles. The van der Waals surface area contributed by atoms with E-state index in [2.05, 4.69) is 18.3 Å². The number of rotatable bonds is 12. The van der Waals surface area contributed by atoms with Gasteiger partial charge < -0.3 is 16.0 Å². The number of fused-ring (bicyclic) bond motifs is 3. The lowest BCUT2D eigenvalue weighted by Gasteiger charge is -2.31. The third-order valence-corrected chi connectivity index (χ3v) is 8.82. The fourth-order valence-corrected chi connectivity index (χ4v) is 6.67. The molecule has 0 radical (unpaired) electrons. The zero-order valence-electron chi connectivity index (χ0n) is 24.5. The molecule has 216 valence electrons. The van der Waals surface area contributed by atoms with E-state index in [1.165, 1.54) is 32.1 Å². The molecule has 3 N–H and O–H groups in total. The molecule has 4 rings (SSSR count). The predicted molar refractivity (Wildman–Crippen MR) is 161 cm³/mol. The van der Waals surface area contributed by atoms with Gasteiger partial charge in [0.2, 0.25) is 11.8 Å². The maximum atomic E-state index is 14.4. The molecule has 0 bridgehead atoms. The lowest BCUT2D eigenvalue weighted by molar-refractivity contribution is -0.136. The van der Waals surface area contributed by atoms with Crippen LogP contribution in [0.5, 0.6) is 0 Å². The van der Waals surface area contributed by atoms with Crippen LogP contribution in [0.3, 0.4) is 0 Å². The topological polar surface area (TPSA) is 92.5 Å². The molecule has 0 spiro atoms. The second-order valence-corrected chi connectivity index (χ2v) is 12.2. The fraction of sp³-hybridized carbons (Fsp3) is 0.559. The fourth-order valence-electron chi connectivity index (χ4n) is 6.67. The highest BCUT2D eigenvalue weighted by Gasteiger charge is 2.39. The zero-order chi connectivity index (χ0) is 28.6. The van der Waals surface area contributed by atoms with Gasteiger partial charge in [-0.05, 0) is 48.3 Å². The van der Waals surface area contributed by atoms with Gasteiger partial charge >= 0.3 is 0 Å². The largest absolute Gasteiger partial charge is 0.369 e. The highest BCUT2D eigenvalue weighted by molar-refractivity contribution is 6.06. The summed E-state index contributed by atoms with van der Waals surface area (Å²) in [5.74, 6) is -1.13. The quantitative estimate of drug-likeness (QED) is 0.308. The molecule has 40 heavy (non-hydrogen) atoms. The number of hydrogen-bond acceptors (Lipinski definition) is 3.